The Balaban J connectivity index is 1.12. The van der Waals surface area contributed by atoms with E-state index in [9.17, 15) is 4.79 Å². The van der Waals surface area contributed by atoms with Crippen LogP contribution in [0.2, 0.25) is 0 Å². The van der Waals surface area contributed by atoms with Crippen molar-refractivity contribution in [3.8, 4) is 0 Å². The van der Waals surface area contributed by atoms with Crippen LogP contribution < -0.4 is 4.90 Å². The molecule has 1 aromatic rings. The Morgan fingerprint density at radius 2 is 1.91 bits per heavy atom. The van der Waals surface area contributed by atoms with Crippen molar-refractivity contribution in [1.29, 1.82) is 0 Å². The molecule has 0 N–H and O–H groups in total. The van der Waals surface area contributed by atoms with Crippen molar-refractivity contribution in [2.45, 2.75) is 57.9 Å². The van der Waals surface area contributed by atoms with Gasteiger partial charge in [-0.15, -0.1) is 0 Å². The third-order valence-electron chi connectivity index (χ3n) is 8.72. The summed E-state index contributed by atoms with van der Waals surface area (Å²) in [4.78, 5) is 30.5. The molecule has 0 spiro atoms. The molecule has 0 bridgehead atoms. The van der Waals surface area contributed by atoms with E-state index in [1.165, 1.54) is 30.4 Å². The number of allylic oxidation sites excluding steroid dienone is 3. The first-order valence-electron chi connectivity index (χ1n) is 12.6. The monoisotopic (exact) mass is 433 g/mol. The maximum Gasteiger partial charge on any atom is 0.233 e. The molecule has 0 aromatic carbocycles. The lowest BCUT2D eigenvalue weighted by Gasteiger charge is -2.43. The number of carbonyl (C=O) groups excluding carboxylic acids is 1. The Hall–Kier alpha value is -2.21. The summed E-state index contributed by atoms with van der Waals surface area (Å²) in [6, 6.07) is 0.821. The molecular formula is C26H35N5O. The minimum absolute atomic E-state index is 0.263. The number of carbonyl (C=O) groups is 1. The average molecular weight is 434 g/mol. The number of nitrogens with zero attached hydrogens (tertiary/aromatic N) is 5. The van der Waals surface area contributed by atoms with Crippen LogP contribution in [-0.2, 0) is 17.6 Å². The van der Waals surface area contributed by atoms with E-state index in [1.807, 2.05) is 6.20 Å². The smallest absolute Gasteiger partial charge is 0.233 e. The first kappa shape index (κ1) is 20.4. The number of piperazine rings is 1. The van der Waals surface area contributed by atoms with E-state index in [4.69, 9.17) is 9.97 Å². The Bertz CT molecular complexity index is 959. The zero-order valence-corrected chi connectivity index (χ0v) is 19.3. The van der Waals surface area contributed by atoms with E-state index in [1.54, 1.807) is 0 Å². The van der Waals surface area contributed by atoms with Crippen LogP contribution in [0.15, 0.2) is 30.0 Å². The molecule has 170 valence electrons. The van der Waals surface area contributed by atoms with Crippen molar-refractivity contribution in [3.63, 3.8) is 0 Å². The van der Waals surface area contributed by atoms with Crippen LogP contribution in [-0.4, -0.2) is 71.0 Å². The second-order valence-electron chi connectivity index (χ2n) is 10.4. The van der Waals surface area contributed by atoms with Gasteiger partial charge in [0, 0.05) is 57.9 Å². The minimum Gasteiger partial charge on any atom is -0.341 e. The summed E-state index contributed by atoms with van der Waals surface area (Å²) in [5.74, 6) is 1.60. The fourth-order valence-corrected chi connectivity index (χ4v) is 6.20. The molecular weight excluding hydrogens is 398 g/mol. The SMILES string of the molecule is CC1=CCC=CC2CC12C(=O)N1CCc2cnc(N3CCN(C4CCC4)CC3)nc2CC1. The van der Waals surface area contributed by atoms with Gasteiger partial charge in [-0.05, 0) is 50.5 Å². The zero-order valence-electron chi connectivity index (χ0n) is 19.3. The molecule has 3 fully saturated rings. The fraction of sp³-hybridized carbons (Fsp3) is 0.654. The number of aromatic nitrogens is 2. The van der Waals surface area contributed by atoms with E-state index >= 15 is 0 Å². The summed E-state index contributed by atoms with van der Waals surface area (Å²) in [5, 5.41) is 0. The molecule has 2 saturated carbocycles. The number of rotatable bonds is 3. The number of fused-ring (bicyclic) bond motifs is 2. The molecule has 3 aliphatic carbocycles. The van der Waals surface area contributed by atoms with Crippen molar-refractivity contribution in [1.82, 2.24) is 19.8 Å². The van der Waals surface area contributed by atoms with E-state index in [0.717, 1.165) is 82.6 Å². The van der Waals surface area contributed by atoms with Gasteiger partial charge in [-0.25, -0.2) is 9.97 Å². The number of hydrogen-bond donors (Lipinski definition) is 0. The number of hydrogen-bond acceptors (Lipinski definition) is 5. The van der Waals surface area contributed by atoms with Crippen LogP contribution in [0.1, 0.15) is 50.3 Å². The first-order chi connectivity index (χ1) is 15.6. The van der Waals surface area contributed by atoms with Gasteiger partial charge in [0.1, 0.15) is 0 Å². The molecule has 1 aromatic heterocycles. The largest absolute Gasteiger partial charge is 0.341 e. The molecule has 3 heterocycles. The molecule has 2 aliphatic heterocycles. The second kappa shape index (κ2) is 7.98. The van der Waals surface area contributed by atoms with Crippen molar-refractivity contribution in [2.24, 2.45) is 11.3 Å². The van der Waals surface area contributed by atoms with E-state index in [0.29, 0.717) is 11.8 Å². The highest BCUT2D eigenvalue weighted by molar-refractivity contribution is 5.90. The molecule has 6 rings (SSSR count). The summed E-state index contributed by atoms with van der Waals surface area (Å²) >= 11 is 0. The molecule has 6 nitrogen and oxygen atoms in total. The second-order valence-corrected chi connectivity index (χ2v) is 10.4. The third kappa shape index (κ3) is 3.38. The Kier molecular flexibility index (Phi) is 5.09. The van der Waals surface area contributed by atoms with Crippen LogP contribution in [0.4, 0.5) is 5.95 Å². The quantitative estimate of drug-likeness (QED) is 0.686. The van der Waals surface area contributed by atoms with Crippen molar-refractivity contribution in [3.05, 3.63) is 41.3 Å². The topological polar surface area (TPSA) is 52.6 Å². The van der Waals surface area contributed by atoms with Gasteiger partial charge < -0.3 is 9.80 Å². The van der Waals surface area contributed by atoms with Gasteiger partial charge >= 0.3 is 0 Å². The van der Waals surface area contributed by atoms with Crippen LogP contribution >= 0.6 is 0 Å². The molecule has 2 unspecified atom stereocenters. The Morgan fingerprint density at radius 1 is 1.09 bits per heavy atom. The van der Waals surface area contributed by atoms with Crippen LogP contribution in [0.25, 0.3) is 0 Å². The maximum atomic E-state index is 13.6. The third-order valence-corrected chi connectivity index (χ3v) is 8.72. The van der Waals surface area contributed by atoms with E-state index in [2.05, 4.69) is 39.9 Å². The van der Waals surface area contributed by atoms with Gasteiger partial charge in [0.25, 0.3) is 0 Å². The van der Waals surface area contributed by atoms with Crippen molar-refractivity contribution in [2.75, 3.05) is 44.2 Å². The van der Waals surface area contributed by atoms with Gasteiger partial charge in [0.15, 0.2) is 0 Å². The molecule has 5 aliphatic rings. The fourth-order valence-electron chi connectivity index (χ4n) is 6.20. The summed E-state index contributed by atoms with van der Waals surface area (Å²) in [6.45, 7) is 7.98. The lowest BCUT2D eigenvalue weighted by molar-refractivity contribution is -0.135. The highest BCUT2D eigenvalue weighted by atomic mass is 16.2. The summed E-state index contributed by atoms with van der Waals surface area (Å²) < 4.78 is 0. The Labute approximate surface area is 191 Å². The minimum atomic E-state index is -0.263. The van der Waals surface area contributed by atoms with Gasteiger partial charge in [0.05, 0.1) is 11.1 Å². The lowest BCUT2D eigenvalue weighted by Crippen LogP contribution is -2.52. The predicted octanol–water partition coefficient (Wildman–Crippen LogP) is 2.99. The zero-order chi connectivity index (χ0) is 21.7. The molecule has 2 atom stereocenters. The average Bonchev–Trinajstić information content (AvgIpc) is 3.55. The standard InChI is InChI=1S/C26H35N5O/c1-19-5-2-3-6-21-17-26(19,21)24(32)30-11-9-20-18-27-25(28-23(20)10-12-30)31-15-13-29(14-16-31)22-7-4-8-22/h3,5-6,18,21-22H,2,4,7-17H2,1H3. The van der Waals surface area contributed by atoms with Gasteiger partial charge in [-0.3, -0.25) is 9.69 Å². The maximum absolute atomic E-state index is 13.6. The summed E-state index contributed by atoms with van der Waals surface area (Å²) in [5.41, 5.74) is 3.36. The number of amides is 1. The van der Waals surface area contributed by atoms with Gasteiger partial charge in [-0.1, -0.05) is 30.2 Å². The molecule has 0 radical (unpaired) electrons. The van der Waals surface area contributed by atoms with E-state index in [-0.39, 0.29) is 5.41 Å². The Morgan fingerprint density at radius 3 is 2.69 bits per heavy atom. The molecule has 6 heteroatoms. The lowest BCUT2D eigenvalue weighted by atomic mass is 9.91. The summed E-state index contributed by atoms with van der Waals surface area (Å²) in [7, 11) is 0. The highest BCUT2D eigenvalue weighted by Gasteiger charge is 2.61. The molecule has 32 heavy (non-hydrogen) atoms. The van der Waals surface area contributed by atoms with Gasteiger partial charge in [0.2, 0.25) is 11.9 Å². The van der Waals surface area contributed by atoms with Crippen molar-refractivity contribution >= 4 is 11.9 Å². The molecule has 1 saturated heterocycles. The van der Waals surface area contributed by atoms with Crippen molar-refractivity contribution < 1.29 is 4.79 Å². The molecule has 1 amide bonds. The van der Waals surface area contributed by atoms with Crippen LogP contribution in [0.3, 0.4) is 0 Å². The van der Waals surface area contributed by atoms with Gasteiger partial charge in [-0.2, -0.15) is 0 Å². The predicted molar refractivity (Wildman–Crippen MR) is 125 cm³/mol. The first-order valence-corrected chi connectivity index (χ1v) is 12.6. The van der Waals surface area contributed by atoms with Crippen LogP contribution in [0.5, 0.6) is 0 Å². The summed E-state index contributed by atoms with van der Waals surface area (Å²) in [6.07, 6.45) is 16.5. The normalized spacial score (nSPS) is 30.5. The highest BCUT2D eigenvalue weighted by Crippen LogP contribution is 2.60. The number of anilines is 1. The van der Waals surface area contributed by atoms with E-state index < -0.39 is 0 Å². The van der Waals surface area contributed by atoms with Crippen LogP contribution in [0, 0.1) is 11.3 Å².